The third-order valence-electron chi connectivity index (χ3n) is 5.89. The van der Waals surface area contributed by atoms with Crippen molar-refractivity contribution in [3.05, 3.63) is 35.9 Å². The molecule has 25 heavy (non-hydrogen) atoms. The fourth-order valence-corrected chi connectivity index (χ4v) is 4.01. The highest BCUT2D eigenvalue weighted by Crippen LogP contribution is 2.52. The fourth-order valence-electron chi connectivity index (χ4n) is 4.01. The second-order valence-corrected chi connectivity index (χ2v) is 9.33. The monoisotopic (exact) mass is 343 g/mol. The molecule has 3 heteroatoms. The van der Waals surface area contributed by atoms with Gasteiger partial charge in [0.15, 0.2) is 0 Å². The Balaban J connectivity index is 1.42. The van der Waals surface area contributed by atoms with Gasteiger partial charge in [-0.1, -0.05) is 37.3 Å². The molecule has 2 atom stereocenters. The van der Waals surface area contributed by atoms with Gasteiger partial charge in [-0.15, -0.1) is 0 Å². The lowest BCUT2D eigenvalue weighted by atomic mass is 9.76. The maximum Gasteiger partial charge on any atom is 0.410 e. The smallest absolute Gasteiger partial charge is 0.410 e. The van der Waals surface area contributed by atoms with Crippen molar-refractivity contribution in [3.8, 4) is 0 Å². The molecule has 1 saturated heterocycles. The summed E-state index contributed by atoms with van der Waals surface area (Å²) >= 11 is 0. The second kappa shape index (κ2) is 7.01. The number of piperidine rings is 1. The summed E-state index contributed by atoms with van der Waals surface area (Å²) in [6.45, 7) is 9.85. The average molecular weight is 344 g/mol. The first-order chi connectivity index (χ1) is 11.8. The van der Waals surface area contributed by atoms with Crippen LogP contribution >= 0.6 is 0 Å². The summed E-state index contributed by atoms with van der Waals surface area (Å²) in [7, 11) is 0. The lowest BCUT2D eigenvalue weighted by molar-refractivity contribution is 0.0107. The third-order valence-corrected chi connectivity index (χ3v) is 5.89. The molecule has 1 saturated carbocycles. The van der Waals surface area contributed by atoms with Gasteiger partial charge >= 0.3 is 6.09 Å². The zero-order valence-electron chi connectivity index (χ0n) is 16.3. The number of carbonyl (C=O) groups is 1. The van der Waals surface area contributed by atoms with Crippen molar-refractivity contribution < 1.29 is 9.53 Å². The maximum atomic E-state index is 12.2. The van der Waals surface area contributed by atoms with E-state index >= 15 is 0 Å². The van der Waals surface area contributed by atoms with E-state index in [1.165, 1.54) is 24.8 Å². The quantitative estimate of drug-likeness (QED) is 0.711. The minimum atomic E-state index is -0.406. The van der Waals surface area contributed by atoms with Crippen LogP contribution in [-0.4, -0.2) is 29.7 Å². The van der Waals surface area contributed by atoms with Gasteiger partial charge in [0.25, 0.3) is 0 Å². The summed E-state index contributed by atoms with van der Waals surface area (Å²) in [5.74, 6) is 1.65. The minimum Gasteiger partial charge on any atom is -0.444 e. The number of ether oxygens (including phenoxy) is 1. The molecular formula is C22H33NO2. The molecule has 1 unspecified atom stereocenters. The molecule has 1 aliphatic carbocycles. The minimum absolute atomic E-state index is 0.152. The van der Waals surface area contributed by atoms with E-state index in [0.717, 1.165) is 37.8 Å². The summed E-state index contributed by atoms with van der Waals surface area (Å²) < 4.78 is 5.50. The Hall–Kier alpha value is -1.51. The highest BCUT2D eigenvalue weighted by atomic mass is 16.6. The summed E-state index contributed by atoms with van der Waals surface area (Å²) in [6, 6.07) is 10.9. The molecule has 1 aromatic carbocycles. The molecule has 3 nitrogen and oxygen atoms in total. The molecule has 2 fully saturated rings. The molecule has 0 N–H and O–H groups in total. The van der Waals surface area contributed by atoms with E-state index in [1.54, 1.807) is 0 Å². The van der Waals surface area contributed by atoms with Crippen LogP contribution < -0.4 is 0 Å². The lowest BCUT2D eigenvalue weighted by Crippen LogP contribution is -2.44. The molecule has 138 valence electrons. The summed E-state index contributed by atoms with van der Waals surface area (Å²) in [5.41, 5.74) is 1.48. The Bertz CT molecular complexity index is 582. The van der Waals surface area contributed by atoms with Crippen molar-refractivity contribution in [3.63, 3.8) is 0 Å². The van der Waals surface area contributed by atoms with E-state index in [2.05, 4.69) is 37.3 Å². The van der Waals surface area contributed by atoms with Gasteiger partial charge in [-0.3, -0.25) is 0 Å². The Kier molecular flexibility index (Phi) is 5.13. The molecule has 1 amide bonds. The van der Waals surface area contributed by atoms with Gasteiger partial charge < -0.3 is 9.64 Å². The second-order valence-electron chi connectivity index (χ2n) is 9.33. The van der Waals surface area contributed by atoms with E-state index in [0.29, 0.717) is 5.41 Å². The summed E-state index contributed by atoms with van der Waals surface area (Å²) in [4.78, 5) is 14.1. The molecule has 0 spiro atoms. The van der Waals surface area contributed by atoms with Crippen molar-refractivity contribution in [2.75, 3.05) is 13.1 Å². The van der Waals surface area contributed by atoms with E-state index < -0.39 is 5.60 Å². The molecule has 0 bridgehead atoms. The zero-order chi connectivity index (χ0) is 18.1. The van der Waals surface area contributed by atoms with Crippen LogP contribution in [0.4, 0.5) is 4.79 Å². The molecule has 1 aliphatic heterocycles. The molecular weight excluding hydrogens is 310 g/mol. The fraction of sp³-hybridized carbons (Fsp3) is 0.682. The van der Waals surface area contributed by atoms with Crippen molar-refractivity contribution in [2.45, 2.75) is 71.3 Å². The van der Waals surface area contributed by atoms with E-state index in [9.17, 15) is 4.79 Å². The SMILES string of the molecule is CC1(CC[C@@H]2CC2c2ccccc2)CCN(C(=O)OC(C)(C)C)CC1. The predicted octanol–water partition coefficient (Wildman–Crippen LogP) is 5.61. The van der Waals surface area contributed by atoms with Gasteiger partial charge in [-0.05, 0) is 75.7 Å². The Labute approximate surface area is 152 Å². The van der Waals surface area contributed by atoms with Crippen LogP contribution in [0.3, 0.4) is 0 Å². The summed E-state index contributed by atoms with van der Waals surface area (Å²) in [6.07, 6.45) is 5.99. The largest absolute Gasteiger partial charge is 0.444 e. The predicted molar refractivity (Wildman–Crippen MR) is 102 cm³/mol. The van der Waals surface area contributed by atoms with Crippen LogP contribution in [0.5, 0.6) is 0 Å². The van der Waals surface area contributed by atoms with E-state index in [4.69, 9.17) is 4.74 Å². The van der Waals surface area contributed by atoms with Gasteiger partial charge in [-0.25, -0.2) is 4.79 Å². The van der Waals surface area contributed by atoms with Crippen LogP contribution in [0.25, 0.3) is 0 Å². The highest BCUT2D eigenvalue weighted by molar-refractivity contribution is 5.68. The Morgan fingerprint density at radius 1 is 1.20 bits per heavy atom. The van der Waals surface area contributed by atoms with Crippen LogP contribution in [-0.2, 0) is 4.74 Å². The van der Waals surface area contributed by atoms with Crippen LogP contribution in [0.15, 0.2) is 30.3 Å². The normalized spacial score (nSPS) is 25.5. The zero-order valence-corrected chi connectivity index (χ0v) is 16.3. The number of rotatable bonds is 4. The highest BCUT2D eigenvalue weighted by Gasteiger charge is 2.40. The molecule has 2 aliphatic rings. The number of hydrogen-bond acceptors (Lipinski definition) is 2. The standard InChI is InChI=1S/C22H33NO2/c1-21(2,3)25-20(24)23-14-12-22(4,13-15-23)11-10-18-16-19(18)17-8-6-5-7-9-17/h5-9,18-19H,10-16H2,1-4H3/t18-,19?/m1/s1. The van der Waals surface area contributed by atoms with Crippen molar-refractivity contribution >= 4 is 6.09 Å². The van der Waals surface area contributed by atoms with Crippen molar-refractivity contribution in [1.82, 2.24) is 4.90 Å². The number of nitrogens with zero attached hydrogens (tertiary/aromatic N) is 1. The van der Waals surface area contributed by atoms with Crippen molar-refractivity contribution in [2.24, 2.45) is 11.3 Å². The first-order valence-corrected chi connectivity index (χ1v) is 9.79. The van der Waals surface area contributed by atoms with E-state index in [1.807, 2.05) is 25.7 Å². The van der Waals surface area contributed by atoms with E-state index in [-0.39, 0.29) is 6.09 Å². The lowest BCUT2D eigenvalue weighted by Gasteiger charge is -2.40. The van der Waals surface area contributed by atoms with Gasteiger partial charge in [0, 0.05) is 13.1 Å². The van der Waals surface area contributed by atoms with Gasteiger partial charge in [-0.2, -0.15) is 0 Å². The Morgan fingerprint density at radius 2 is 1.84 bits per heavy atom. The van der Waals surface area contributed by atoms with Crippen LogP contribution in [0, 0.1) is 11.3 Å². The molecule has 1 heterocycles. The number of hydrogen-bond donors (Lipinski definition) is 0. The first-order valence-electron chi connectivity index (χ1n) is 9.79. The Morgan fingerprint density at radius 3 is 2.44 bits per heavy atom. The number of carbonyl (C=O) groups excluding carboxylic acids is 1. The van der Waals surface area contributed by atoms with Gasteiger partial charge in [0.1, 0.15) is 5.60 Å². The molecule has 0 radical (unpaired) electrons. The maximum absolute atomic E-state index is 12.2. The van der Waals surface area contributed by atoms with Gasteiger partial charge in [0.05, 0.1) is 0 Å². The van der Waals surface area contributed by atoms with Crippen molar-refractivity contribution in [1.29, 1.82) is 0 Å². The van der Waals surface area contributed by atoms with Crippen LogP contribution in [0.1, 0.15) is 71.3 Å². The molecule has 0 aromatic heterocycles. The number of likely N-dealkylation sites (tertiary alicyclic amines) is 1. The number of benzene rings is 1. The third kappa shape index (κ3) is 4.99. The number of amides is 1. The van der Waals surface area contributed by atoms with Crippen LogP contribution in [0.2, 0.25) is 0 Å². The van der Waals surface area contributed by atoms with Gasteiger partial charge in [0.2, 0.25) is 0 Å². The average Bonchev–Trinajstić information content (AvgIpc) is 3.33. The topological polar surface area (TPSA) is 29.5 Å². The summed E-state index contributed by atoms with van der Waals surface area (Å²) in [5, 5.41) is 0. The molecule has 3 rings (SSSR count). The first kappa shape index (κ1) is 18.3. The molecule has 1 aromatic rings.